The van der Waals surface area contributed by atoms with Gasteiger partial charge in [-0.1, -0.05) is 0 Å². The van der Waals surface area contributed by atoms with E-state index in [1.807, 2.05) is 0 Å². The molecule has 0 saturated carbocycles. The van der Waals surface area contributed by atoms with E-state index < -0.39 is 0 Å². The van der Waals surface area contributed by atoms with Crippen LogP contribution in [0, 0.1) is 5.82 Å². The van der Waals surface area contributed by atoms with Crippen molar-refractivity contribution in [3.8, 4) is 0 Å². The highest BCUT2D eigenvalue weighted by Crippen LogP contribution is 2.28. The van der Waals surface area contributed by atoms with Gasteiger partial charge in [-0.15, -0.1) is 0 Å². The molecule has 17 heavy (non-hydrogen) atoms. The van der Waals surface area contributed by atoms with Crippen molar-refractivity contribution in [3.63, 3.8) is 0 Å². The van der Waals surface area contributed by atoms with Gasteiger partial charge in [-0.25, -0.2) is 9.37 Å². The molecule has 1 fully saturated rings. The predicted molar refractivity (Wildman–Crippen MR) is 59.2 cm³/mol. The molecule has 0 aromatic carbocycles. The van der Waals surface area contributed by atoms with Gasteiger partial charge >= 0.3 is 0 Å². The van der Waals surface area contributed by atoms with Crippen LogP contribution in [0.2, 0.25) is 0 Å². The SMILES string of the molecule is O=C(C1CCCO1)N1CCc2cc(F)cnc21. The van der Waals surface area contributed by atoms with Gasteiger partial charge < -0.3 is 4.74 Å². The van der Waals surface area contributed by atoms with Gasteiger partial charge in [0.05, 0.1) is 6.20 Å². The topological polar surface area (TPSA) is 42.4 Å². The molecule has 0 N–H and O–H groups in total. The maximum Gasteiger partial charge on any atom is 0.257 e. The molecule has 0 radical (unpaired) electrons. The van der Waals surface area contributed by atoms with Gasteiger partial charge in [-0.3, -0.25) is 9.69 Å². The molecule has 3 heterocycles. The van der Waals surface area contributed by atoms with Crippen LogP contribution < -0.4 is 4.90 Å². The Morgan fingerprint density at radius 1 is 1.59 bits per heavy atom. The lowest BCUT2D eigenvalue weighted by Gasteiger charge is -2.19. The average molecular weight is 236 g/mol. The molecule has 3 rings (SSSR count). The quantitative estimate of drug-likeness (QED) is 0.738. The van der Waals surface area contributed by atoms with Crippen LogP contribution in [0.1, 0.15) is 18.4 Å². The predicted octanol–water partition coefficient (Wildman–Crippen LogP) is 1.29. The van der Waals surface area contributed by atoms with Crippen molar-refractivity contribution in [1.82, 2.24) is 4.98 Å². The molecular weight excluding hydrogens is 223 g/mol. The van der Waals surface area contributed by atoms with Crippen molar-refractivity contribution in [1.29, 1.82) is 0 Å². The summed E-state index contributed by atoms with van der Waals surface area (Å²) in [4.78, 5) is 17.8. The van der Waals surface area contributed by atoms with Gasteiger partial charge in [0.15, 0.2) is 0 Å². The molecule has 1 unspecified atom stereocenters. The fourth-order valence-corrected chi connectivity index (χ4v) is 2.40. The van der Waals surface area contributed by atoms with Crippen LogP contribution in [-0.2, 0) is 16.0 Å². The summed E-state index contributed by atoms with van der Waals surface area (Å²) in [5.74, 6) is 0.197. The number of carbonyl (C=O) groups excluding carboxylic acids is 1. The van der Waals surface area contributed by atoms with Gasteiger partial charge in [-0.05, 0) is 30.9 Å². The normalized spacial score (nSPS) is 22.9. The summed E-state index contributed by atoms with van der Waals surface area (Å²) >= 11 is 0. The summed E-state index contributed by atoms with van der Waals surface area (Å²) in [6.07, 6.45) is 3.17. The Bertz CT molecular complexity index is 458. The lowest BCUT2D eigenvalue weighted by Crippen LogP contribution is -2.38. The number of nitrogens with zero attached hydrogens (tertiary/aromatic N) is 2. The van der Waals surface area contributed by atoms with Gasteiger partial charge in [0.25, 0.3) is 5.91 Å². The molecule has 4 nitrogen and oxygen atoms in total. The number of aromatic nitrogens is 1. The Morgan fingerprint density at radius 2 is 2.47 bits per heavy atom. The van der Waals surface area contributed by atoms with Gasteiger partial charge in [0.2, 0.25) is 0 Å². The average Bonchev–Trinajstić information content (AvgIpc) is 2.96. The molecule has 5 heteroatoms. The van der Waals surface area contributed by atoms with E-state index in [0.29, 0.717) is 25.4 Å². The lowest BCUT2D eigenvalue weighted by atomic mass is 10.2. The second-order valence-corrected chi connectivity index (χ2v) is 4.38. The van der Waals surface area contributed by atoms with E-state index in [0.717, 1.165) is 24.6 Å². The molecule has 2 aliphatic heterocycles. The Morgan fingerprint density at radius 3 is 3.24 bits per heavy atom. The zero-order chi connectivity index (χ0) is 11.8. The Balaban J connectivity index is 1.85. The third-order valence-electron chi connectivity index (χ3n) is 3.24. The number of hydrogen-bond donors (Lipinski definition) is 0. The Kier molecular flexibility index (Phi) is 2.55. The van der Waals surface area contributed by atoms with E-state index in [1.54, 1.807) is 4.90 Å². The summed E-state index contributed by atoms with van der Waals surface area (Å²) in [5, 5.41) is 0. The molecular formula is C12H13FN2O2. The number of rotatable bonds is 1. The van der Waals surface area contributed by atoms with Crippen molar-refractivity contribution in [2.24, 2.45) is 0 Å². The summed E-state index contributed by atoms with van der Waals surface area (Å²) in [6, 6.07) is 1.45. The minimum Gasteiger partial charge on any atom is -0.368 e. The molecule has 0 bridgehead atoms. The van der Waals surface area contributed by atoms with Crippen molar-refractivity contribution in [2.75, 3.05) is 18.1 Å². The van der Waals surface area contributed by atoms with Crippen LogP contribution in [0.5, 0.6) is 0 Å². The number of ether oxygens (including phenoxy) is 1. The highest BCUT2D eigenvalue weighted by atomic mass is 19.1. The molecule has 1 atom stereocenters. The number of amides is 1. The third kappa shape index (κ3) is 1.80. The molecule has 0 aliphatic carbocycles. The van der Waals surface area contributed by atoms with E-state index >= 15 is 0 Å². The van der Waals surface area contributed by atoms with Gasteiger partial charge in [0, 0.05) is 13.2 Å². The van der Waals surface area contributed by atoms with Crippen molar-refractivity contribution >= 4 is 11.7 Å². The number of carbonyl (C=O) groups is 1. The first-order valence-corrected chi connectivity index (χ1v) is 5.83. The minimum atomic E-state index is -0.352. The van der Waals surface area contributed by atoms with Crippen LogP contribution in [0.25, 0.3) is 0 Å². The fraction of sp³-hybridized carbons (Fsp3) is 0.500. The highest BCUT2D eigenvalue weighted by molar-refractivity contribution is 5.97. The summed E-state index contributed by atoms with van der Waals surface area (Å²) in [6.45, 7) is 1.22. The highest BCUT2D eigenvalue weighted by Gasteiger charge is 2.33. The first-order chi connectivity index (χ1) is 8.25. The smallest absolute Gasteiger partial charge is 0.257 e. The first-order valence-electron chi connectivity index (χ1n) is 5.83. The minimum absolute atomic E-state index is 0.0413. The van der Waals surface area contributed by atoms with Crippen molar-refractivity contribution < 1.29 is 13.9 Å². The van der Waals surface area contributed by atoms with E-state index in [-0.39, 0.29) is 17.8 Å². The second-order valence-electron chi connectivity index (χ2n) is 4.38. The number of fused-ring (bicyclic) bond motifs is 1. The van der Waals surface area contributed by atoms with Crippen LogP contribution >= 0.6 is 0 Å². The molecule has 1 aromatic heterocycles. The maximum absolute atomic E-state index is 13.0. The summed E-state index contributed by atoms with van der Waals surface area (Å²) in [7, 11) is 0. The monoisotopic (exact) mass is 236 g/mol. The van der Waals surface area contributed by atoms with E-state index in [2.05, 4.69) is 4.98 Å². The fourth-order valence-electron chi connectivity index (χ4n) is 2.40. The molecule has 0 spiro atoms. The largest absolute Gasteiger partial charge is 0.368 e. The molecule has 2 aliphatic rings. The first kappa shape index (κ1) is 10.7. The van der Waals surface area contributed by atoms with Crippen LogP contribution in [0.4, 0.5) is 10.2 Å². The third-order valence-corrected chi connectivity index (χ3v) is 3.24. The van der Waals surface area contributed by atoms with Gasteiger partial charge in [0.1, 0.15) is 17.7 Å². The summed E-state index contributed by atoms with van der Waals surface area (Å²) in [5.41, 5.74) is 0.802. The number of pyridine rings is 1. The van der Waals surface area contributed by atoms with Crippen LogP contribution in [0.3, 0.4) is 0 Å². The Hall–Kier alpha value is -1.49. The van der Waals surface area contributed by atoms with E-state index in [1.165, 1.54) is 6.07 Å². The Labute approximate surface area is 98.4 Å². The standard InChI is InChI=1S/C12H13FN2O2/c13-9-6-8-3-4-15(11(8)14-7-9)12(16)10-2-1-5-17-10/h6-7,10H,1-5H2. The summed E-state index contributed by atoms with van der Waals surface area (Å²) < 4.78 is 18.4. The number of halogens is 1. The lowest BCUT2D eigenvalue weighted by molar-refractivity contribution is -0.127. The molecule has 1 amide bonds. The van der Waals surface area contributed by atoms with Crippen LogP contribution in [-0.4, -0.2) is 30.1 Å². The van der Waals surface area contributed by atoms with E-state index in [4.69, 9.17) is 4.74 Å². The molecule has 90 valence electrons. The van der Waals surface area contributed by atoms with Crippen molar-refractivity contribution in [3.05, 3.63) is 23.6 Å². The second kappa shape index (κ2) is 4.07. The van der Waals surface area contributed by atoms with E-state index in [9.17, 15) is 9.18 Å². The number of hydrogen-bond acceptors (Lipinski definition) is 3. The molecule has 1 aromatic rings. The maximum atomic E-state index is 13.0. The molecule has 1 saturated heterocycles. The zero-order valence-corrected chi connectivity index (χ0v) is 9.36. The number of anilines is 1. The van der Waals surface area contributed by atoms with Gasteiger partial charge in [-0.2, -0.15) is 0 Å². The zero-order valence-electron chi connectivity index (χ0n) is 9.36. The van der Waals surface area contributed by atoms with Crippen molar-refractivity contribution in [2.45, 2.75) is 25.4 Å². The van der Waals surface area contributed by atoms with Crippen LogP contribution in [0.15, 0.2) is 12.3 Å².